The Labute approximate surface area is 252 Å². The number of aromatic nitrogens is 2. The third kappa shape index (κ3) is 8.03. The van der Waals surface area contributed by atoms with E-state index in [4.69, 9.17) is 0 Å². The summed E-state index contributed by atoms with van der Waals surface area (Å²) < 4.78 is 0. The number of hydrogen-bond acceptors (Lipinski definition) is 7. The number of aliphatic hydroxyl groups excluding tert-OH is 1. The zero-order valence-corrected chi connectivity index (χ0v) is 24.4. The third-order valence-corrected chi connectivity index (χ3v) is 7.53. The van der Waals surface area contributed by atoms with Gasteiger partial charge in [0, 0.05) is 67.5 Å². The molecule has 1 fully saturated rings. The van der Waals surface area contributed by atoms with E-state index >= 15 is 0 Å². The van der Waals surface area contributed by atoms with Gasteiger partial charge < -0.3 is 26.0 Å². The van der Waals surface area contributed by atoms with E-state index in [0.29, 0.717) is 43.7 Å². The molecule has 222 valence electrons. The molecule has 1 aliphatic rings. The van der Waals surface area contributed by atoms with Crippen molar-refractivity contribution in [2.45, 2.75) is 44.9 Å². The molecule has 0 aliphatic carbocycles. The number of nitrogens with zero attached hydrogens (tertiary/aromatic N) is 3. The number of aliphatic hydroxyl groups is 1. The first-order chi connectivity index (χ1) is 21.0. The van der Waals surface area contributed by atoms with E-state index in [1.54, 1.807) is 29.4 Å². The van der Waals surface area contributed by atoms with Gasteiger partial charge in [-0.25, -0.2) is 9.97 Å². The third-order valence-electron chi connectivity index (χ3n) is 7.53. The lowest BCUT2D eigenvalue weighted by Crippen LogP contribution is -2.48. The summed E-state index contributed by atoms with van der Waals surface area (Å²) in [5.41, 5.74) is 5.94. The van der Waals surface area contributed by atoms with Crippen LogP contribution in [0.25, 0.3) is 11.1 Å². The van der Waals surface area contributed by atoms with Crippen molar-refractivity contribution in [1.82, 2.24) is 20.6 Å². The highest BCUT2D eigenvalue weighted by molar-refractivity contribution is 6.00. The summed E-state index contributed by atoms with van der Waals surface area (Å²) in [4.78, 5) is 36.0. The number of nitrogens with one attached hydrogen (secondary N) is 3. The maximum atomic E-state index is 13.6. The first-order valence-electron chi connectivity index (χ1n) is 14.8. The molecule has 1 saturated heterocycles. The molecule has 5 rings (SSSR count). The van der Waals surface area contributed by atoms with Crippen molar-refractivity contribution < 1.29 is 14.7 Å². The molecular formula is C34H38N6O3. The second kappa shape index (κ2) is 14.5. The van der Waals surface area contributed by atoms with E-state index in [9.17, 15) is 14.7 Å². The van der Waals surface area contributed by atoms with Gasteiger partial charge in [-0.15, -0.1) is 0 Å². The van der Waals surface area contributed by atoms with Crippen LogP contribution in [0.5, 0.6) is 0 Å². The van der Waals surface area contributed by atoms with Gasteiger partial charge in [-0.05, 0) is 60.7 Å². The van der Waals surface area contributed by atoms with Crippen molar-refractivity contribution in [3.8, 4) is 11.1 Å². The molecule has 2 heterocycles. The Morgan fingerprint density at radius 1 is 0.977 bits per heavy atom. The first-order valence-corrected chi connectivity index (χ1v) is 14.8. The van der Waals surface area contributed by atoms with Crippen LogP contribution in [0.1, 0.15) is 41.3 Å². The minimum atomic E-state index is -0.855. The maximum Gasteiger partial charge on any atom is 0.251 e. The number of benzene rings is 3. The molecule has 0 radical (unpaired) electrons. The lowest BCUT2D eigenvalue weighted by Gasteiger charge is -2.25. The number of rotatable bonds is 13. The van der Waals surface area contributed by atoms with E-state index < -0.39 is 12.1 Å². The monoisotopic (exact) mass is 578 g/mol. The summed E-state index contributed by atoms with van der Waals surface area (Å²) >= 11 is 0. The molecule has 3 aromatic carbocycles. The lowest BCUT2D eigenvalue weighted by molar-refractivity contribution is -0.117. The Morgan fingerprint density at radius 3 is 2.51 bits per heavy atom. The molecule has 0 unspecified atom stereocenters. The van der Waals surface area contributed by atoms with E-state index in [-0.39, 0.29) is 18.4 Å². The molecule has 9 nitrogen and oxygen atoms in total. The lowest BCUT2D eigenvalue weighted by atomic mass is 10.00. The summed E-state index contributed by atoms with van der Waals surface area (Å²) in [5.74, 6) is -0.239. The highest BCUT2D eigenvalue weighted by atomic mass is 16.3. The van der Waals surface area contributed by atoms with Gasteiger partial charge in [0.15, 0.2) is 0 Å². The molecule has 2 atom stereocenters. The van der Waals surface area contributed by atoms with Crippen molar-refractivity contribution >= 4 is 23.2 Å². The Hall–Kier alpha value is -4.60. The largest absolute Gasteiger partial charge is 0.390 e. The number of anilines is 2. The SMILES string of the molecule is CCNc1cc(C(=O)N[C@@H](Cc2ccccc2)[C@@H](O)CNCc2cccc(-c3cncnc3)c2)cc(N2CCCC2=O)c1. The van der Waals surface area contributed by atoms with Gasteiger partial charge in [0.1, 0.15) is 6.33 Å². The Kier molecular flexibility index (Phi) is 10.1. The van der Waals surface area contributed by atoms with E-state index in [0.717, 1.165) is 34.4 Å². The highest BCUT2D eigenvalue weighted by Crippen LogP contribution is 2.27. The van der Waals surface area contributed by atoms with Gasteiger partial charge in [0.2, 0.25) is 5.91 Å². The van der Waals surface area contributed by atoms with Crippen LogP contribution in [0.3, 0.4) is 0 Å². The van der Waals surface area contributed by atoms with Gasteiger partial charge in [-0.1, -0.05) is 48.5 Å². The highest BCUT2D eigenvalue weighted by Gasteiger charge is 2.26. The molecule has 1 aliphatic heterocycles. The average Bonchev–Trinajstić information content (AvgIpc) is 3.47. The quantitative estimate of drug-likeness (QED) is 0.188. The second-order valence-electron chi connectivity index (χ2n) is 10.7. The Morgan fingerprint density at radius 2 is 1.77 bits per heavy atom. The van der Waals surface area contributed by atoms with Crippen LogP contribution in [0.15, 0.2) is 91.5 Å². The van der Waals surface area contributed by atoms with Crippen LogP contribution in [0, 0.1) is 0 Å². The van der Waals surface area contributed by atoms with Crippen molar-refractivity contribution in [3.05, 3.63) is 108 Å². The van der Waals surface area contributed by atoms with E-state index in [1.165, 1.54) is 6.33 Å². The standard InChI is InChI=1S/C34H38N6O3/c1-2-38-29-16-27(17-30(18-29)40-13-7-12-33(40)42)34(43)39-31(15-24-8-4-3-5-9-24)32(41)22-35-19-25-10-6-11-26(14-25)28-20-36-23-37-21-28/h3-6,8-11,14,16-18,20-21,23,31-32,35,38,41H,2,7,12-13,15,19,22H2,1H3,(H,39,43)/t31-,32-/m0/s1. The minimum Gasteiger partial charge on any atom is -0.390 e. The van der Waals surface area contributed by atoms with Crippen molar-refractivity contribution in [2.75, 3.05) is 29.9 Å². The van der Waals surface area contributed by atoms with Crippen molar-refractivity contribution in [3.63, 3.8) is 0 Å². The van der Waals surface area contributed by atoms with Gasteiger partial charge in [-0.2, -0.15) is 0 Å². The normalized spacial score (nSPS) is 14.4. The van der Waals surface area contributed by atoms with Crippen molar-refractivity contribution in [1.29, 1.82) is 0 Å². The number of carbonyl (C=O) groups excluding carboxylic acids is 2. The smallest absolute Gasteiger partial charge is 0.251 e. The molecule has 43 heavy (non-hydrogen) atoms. The predicted octanol–water partition coefficient (Wildman–Crippen LogP) is 4.19. The van der Waals surface area contributed by atoms with Gasteiger partial charge in [0.25, 0.3) is 5.91 Å². The minimum absolute atomic E-state index is 0.0612. The van der Waals surface area contributed by atoms with Gasteiger partial charge in [0.05, 0.1) is 12.1 Å². The molecule has 0 spiro atoms. The number of hydrogen-bond donors (Lipinski definition) is 4. The van der Waals surface area contributed by atoms with Crippen molar-refractivity contribution in [2.24, 2.45) is 0 Å². The molecule has 0 bridgehead atoms. The molecule has 4 N–H and O–H groups in total. The van der Waals surface area contributed by atoms with Gasteiger partial charge >= 0.3 is 0 Å². The molecule has 0 saturated carbocycles. The zero-order valence-electron chi connectivity index (χ0n) is 24.4. The average molecular weight is 579 g/mol. The molecular weight excluding hydrogens is 540 g/mol. The summed E-state index contributed by atoms with van der Waals surface area (Å²) in [6.45, 7) is 4.13. The first kappa shape index (κ1) is 29.9. The van der Waals surface area contributed by atoms with Gasteiger partial charge in [-0.3, -0.25) is 9.59 Å². The molecule has 9 heteroatoms. The fourth-order valence-electron chi connectivity index (χ4n) is 5.34. The van der Waals surface area contributed by atoms with Crippen LogP contribution >= 0.6 is 0 Å². The second-order valence-corrected chi connectivity index (χ2v) is 10.7. The van der Waals surface area contributed by atoms with E-state index in [2.05, 4.69) is 32.0 Å². The topological polar surface area (TPSA) is 119 Å². The van der Waals surface area contributed by atoms with Crippen LogP contribution in [0.4, 0.5) is 11.4 Å². The zero-order chi connectivity index (χ0) is 30.0. The predicted molar refractivity (Wildman–Crippen MR) is 169 cm³/mol. The molecule has 1 aromatic heterocycles. The Balaban J connectivity index is 1.29. The van der Waals surface area contributed by atoms with Crippen LogP contribution in [0.2, 0.25) is 0 Å². The fourth-order valence-corrected chi connectivity index (χ4v) is 5.34. The Bertz CT molecular complexity index is 1520. The molecule has 2 amide bonds. The summed E-state index contributed by atoms with van der Waals surface area (Å²) in [5, 5.41) is 21.0. The fraction of sp³-hybridized carbons (Fsp3) is 0.294. The summed E-state index contributed by atoms with van der Waals surface area (Å²) in [6, 6.07) is 22.8. The number of amides is 2. The van der Waals surface area contributed by atoms with Crippen LogP contribution < -0.4 is 20.9 Å². The van der Waals surface area contributed by atoms with E-state index in [1.807, 2.05) is 61.5 Å². The molecule has 4 aromatic rings. The van der Waals surface area contributed by atoms with Crippen LogP contribution in [-0.4, -0.2) is 58.7 Å². The van der Waals surface area contributed by atoms with Crippen LogP contribution in [-0.2, 0) is 17.8 Å². The summed E-state index contributed by atoms with van der Waals surface area (Å²) in [7, 11) is 0. The maximum absolute atomic E-state index is 13.6. The number of carbonyl (C=O) groups is 2. The summed E-state index contributed by atoms with van der Waals surface area (Å²) in [6.07, 6.45) is 5.98.